The smallest absolute Gasteiger partial charge is 0.267 e. The van der Waals surface area contributed by atoms with Crippen LogP contribution < -0.4 is 10.9 Å². The van der Waals surface area contributed by atoms with Crippen molar-refractivity contribution in [3.05, 3.63) is 155 Å². The minimum absolute atomic E-state index is 0.310. The Hall–Kier alpha value is -4.70. The van der Waals surface area contributed by atoms with Crippen molar-refractivity contribution in [1.29, 1.82) is 0 Å². The summed E-state index contributed by atoms with van der Waals surface area (Å²) in [6, 6.07) is 39.4. The summed E-state index contributed by atoms with van der Waals surface area (Å²) in [6.07, 6.45) is 0. The normalized spacial score (nSPS) is 17.7. The summed E-state index contributed by atoms with van der Waals surface area (Å²) in [5.74, 6) is -0.811. The van der Waals surface area contributed by atoms with Gasteiger partial charge in [-0.3, -0.25) is 20.4 Å². The van der Waals surface area contributed by atoms with E-state index in [-0.39, 0.29) is 0 Å². The van der Waals surface area contributed by atoms with Crippen molar-refractivity contribution in [1.82, 2.24) is 20.9 Å². The van der Waals surface area contributed by atoms with Gasteiger partial charge in [-0.15, -0.1) is 0 Å². The van der Waals surface area contributed by atoms with Gasteiger partial charge in [-0.2, -0.15) is 10.0 Å². The average molecular weight is 800 g/mol. The minimum atomic E-state index is -0.406. The number of nitrogens with one attached hydrogen (secondary N) is 2. The number of rotatable bonds is 6. The molecule has 2 heterocycles. The van der Waals surface area contributed by atoms with Gasteiger partial charge in [-0.05, 0) is 116 Å². The quantitative estimate of drug-likeness (QED) is 0.163. The van der Waals surface area contributed by atoms with E-state index in [0.717, 1.165) is 0 Å². The van der Waals surface area contributed by atoms with Gasteiger partial charge in [0, 0.05) is 11.1 Å². The van der Waals surface area contributed by atoms with Gasteiger partial charge in [0.1, 0.15) is 0 Å². The van der Waals surface area contributed by atoms with Crippen molar-refractivity contribution in [2.45, 2.75) is 0 Å². The summed E-state index contributed by atoms with van der Waals surface area (Å²) in [6.45, 7) is 0. The van der Waals surface area contributed by atoms with E-state index in [0.29, 0.717) is 64.6 Å². The number of benzene rings is 5. The Kier molecular flexibility index (Phi) is 11.5. The molecule has 16 heteroatoms. The number of carbonyl (C=O) groups excluding carboxylic acids is 2. The molecular formula is C36H24Cl2N8O2S4. The number of para-hydroxylation sites is 4. The Balaban J connectivity index is 1.17. The number of amides is 2. The third-order valence-corrected chi connectivity index (χ3v) is 11.8. The van der Waals surface area contributed by atoms with E-state index in [1.165, 1.54) is 53.2 Å². The van der Waals surface area contributed by atoms with Crippen LogP contribution in [0.5, 0.6) is 0 Å². The zero-order valence-electron chi connectivity index (χ0n) is 26.6. The van der Waals surface area contributed by atoms with Gasteiger partial charge in [0.05, 0.1) is 32.8 Å². The molecule has 0 spiro atoms. The van der Waals surface area contributed by atoms with Crippen LogP contribution in [-0.4, -0.2) is 42.5 Å². The summed E-state index contributed by atoms with van der Waals surface area (Å²) in [5.41, 5.74) is 9.28. The van der Waals surface area contributed by atoms with Crippen LogP contribution in [-0.2, 0) is 0 Å². The van der Waals surface area contributed by atoms with Gasteiger partial charge in [0.15, 0.2) is 10.3 Å². The molecule has 10 nitrogen and oxygen atoms in total. The van der Waals surface area contributed by atoms with Crippen LogP contribution in [0, 0.1) is 0 Å². The molecule has 0 bridgehead atoms. The molecule has 52 heavy (non-hydrogen) atoms. The van der Waals surface area contributed by atoms with Crippen LogP contribution in [0.1, 0.15) is 20.7 Å². The molecule has 2 fully saturated rings. The molecule has 0 unspecified atom stereocenters. The largest absolute Gasteiger partial charge is 0.278 e. The summed E-state index contributed by atoms with van der Waals surface area (Å²) >= 11 is 12.7. The molecule has 2 aliphatic heterocycles. The first-order valence-corrected chi connectivity index (χ1v) is 20.4. The second-order valence-corrected chi connectivity index (χ2v) is 15.6. The van der Waals surface area contributed by atoms with E-state index in [1.54, 1.807) is 48.5 Å². The summed E-state index contributed by atoms with van der Waals surface area (Å²) in [4.78, 5) is 46.8. The fourth-order valence-corrected chi connectivity index (χ4v) is 8.52. The maximum absolute atomic E-state index is 14.1. The van der Waals surface area contributed by atoms with Gasteiger partial charge in [0.25, 0.3) is 11.8 Å². The minimum Gasteiger partial charge on any atom is -0.267 e. The van der Waals surface area contributed by atoms with E-state index in [9.17, 15) is 9.59 Å². The van der Waals surface area contributed by atoms with Crippen LogP contribution in [0.4, 0.5) is 22.7 Å². The summed E-state index contributed by atoms with van der Waals surface area (Å²) in [5, 5.41) is 5.31. The SMILES string of the molecule is O=C(c1ccc(C(=O)N2NC(=Nc3ccccc3Cl)SSC2=Nc2ccccc2)cc1)N1NC(=Nc2ccccc2Cl)SSC1=Nc1ccccc1. The van der Waals surface area contributed by atoms with Crippen LogP contribution in [0.3, 0.4) is 0 Å². The molecule has 2 aliphatic rings. The van der Waals surface area contributed by atoms with Crippen LogP contribution in [0.25, 0.3) is 0 Å². The third-order valence-electron chi connectivity index (χ3n) is 7.08. The molecule has 5 aromatic carbocycles. The fourth-order valence-electron chi connectivity index (χ4n) is 4.60. The van der Waals surface area contributed by atoms with Gasteiger partial charge in [-0.25, -0.2) is 20.0 Å². The van der Waals surface area contributed by atoms with Crippen LogP contribution >= 0.6 is 66.4 Å². The second-order valence-electron chi connectivity index (χ2n) is 10.6. The molecule has 2 saturated heterocycles. The van der Waals surface area contributed by atoms with Crippen LogP contribution in [0.2, 0.25) is 10.0 Å². The number of carbonyl (C=O) groups is 2. The van der Waals surface area contributed by atoms with Crippen LogP contribution in [0.15, 0.2) is 153 Å². The number of halogens is 2. The number of nitrogens with zero attached hydrogens (tertiary/aromatic N) is 6. The Morgan fingerprint density at radius 3 is 1.21 bits per heavy atom. The molecule has 2 amide bonds. The zero-order valence-corrected chi connectivity index (χ0v) is 31.4. The van der Waals surface area contributed by atoms with Crippen molar-refractivity contribution in [3.63, 3.8) is 0 Å². The third kappa shape index (κ3) is 8.66. The first kappa shape index (κ1) is 35.7. The van der Waals surface area contributed by atoms with Gasteiger partial charge < -0.3 is 0 Å². The Morgan fingerprint density at radius 1 is 0.462 bits per heavy atom. The zero-order chi connectivity index (χ0) is 35.9. The van der Waals surface area contributed by atoms with Gasteiger partial charge in [-0.1, -0.05) is 83.9 Å². The monoisotopic (exact) mass is 798 g/mol. The van der Waals surface area contributed by atoms with E-state index >= 15 is 0 Å². The molecule has 0 radical (unpaired) electrons. The predicted molar refractivity (Wildman–Crippen MR) is 220 cm³/mol. The van der Waals surface area contributed by atoms with Crippen molar-refractivity contribution >= 4 is 122 Å². The number of amidine groups is 4. The first-order valence-electron chi connectivity index (χ1n) is 15.4. The maximum Gasteiger partial charge on any atom is 0.278 e. The molecule has 7 rings (SSSR count). The fraction of sp³-hybridized carbons (Fsp3) is 0. The lowest BCUT2D eigenvalue weighted by atomic mass is 10.1. The van der Waals surface area contributed by atoms with Crippen molar-refractivity contribution in [3.8, 4) is 0 Å². The Bertz CT molecular complexity index is 2080. The number of hydrogen-bond acceptors (Lipinski definition) is 10. The molecule has 0 aromatic heterocycles. The Morgan fingerprint density at radius 2 is 0.827 bits per heavy atom. The van der Waals surface area contributed by atoms with Crippen molar-refractivity contribution in [2.24, 2.45) is 20.0 Å². The van der Waals surface area contributed by atoms with Gasteiger partial charge >= 0.3 is 0 Å². The lowest BCUT2D eigenvalue weighted by Gasteiger charge is -2.30. The maximum atomic E-state index is 14.1. The molecular weight excluding hydrogens is 776 g/mol. The average Bonchev–Trinajstić information content (AvgIpc) is 3.18. The molecule has 0 aliphatic carbocycles. The Labute approximate surface area is 324 Å². The molecule has 258 valence electrons. The highest BCUT2D eigenvalue weighted by Crippen LogP contribution is 2.36. The number of hydrazine groups is 2. The van der Waals surface area contributed by atoms with E-state index in [1.807, 2.05) is 84.9 Å². The van der Waals surface area contributed by atoms with E-state index < -0.39 is 11.8 Å². The summed E-state index contributed by atoms with van der Waals surface area (Å²) in [7, 11) is 5.20. The molecule has 0 saturated carbocycles. The van der Waals surface area contributed by atoms with Crippen molar-refractivity contribution < 1.29 is 9.59 Å². The standard InChI is InChI=1S/C36H24Cl2N8O2S4/c37-27-15-7-9-17-29(27)41-33-43-45(35(51-49-33)39-25-11-3-1-4-12-25)31(47)23-19-21-24(22-20-23)32(48)46-36(40-26-13-5-2-6-14-26)52-50-34(44-46)42-30-18-10-8-16-28(30)38/h1-22H,(H,41,43)(H,42,44). The van der Waals surface area contributed by atoms with E-state index in [2.05, 4.69) is 20.8 Å². The first-order chi connectivity index (χ1) is 25.4. The van der Waals surface area contributed by atoms with Crippen molar-refractivity contribution in [2.75, 3.05) is 0 Å². The lowest BCUT2D eigenvalue weighted by Crippen LogP contribution is -2.50. The predicted octanol–water partition coefficient (Wildman–Crippen LogP) is 10.4. The van der Waals surface area contributed by atoms with Gasteiger partial charge in [0.2, 0.25) is 10.3 Å². The topological polar surface area (TPSA) is 114 Å². The lowest BCUT2D eigenvalue weighted by molar-refractivity contribution is 0.0814. The highest BCUT2D eigenvalue weighted by molar-refractivity contribution is 8.87. The summed E-state index contributed by atoms with van der Waals surface area (Å²) < 4.78 is 0. The molecule has 0 atom stereocenters. The second kappa shape index (κ2) is 16.8. The highest BCUT2D eigenvalue weighted by atomic mass is 35.5. The number of aliphatic imine (C=N–C) groups is 4. The molecule has 2 N–H and O–H groups in total. The molecule has 5 aromatic rings. The number of hydrogen-bond donors (Lipinski definition) is 2. The highest BCUT2D eigenvalue weighted by Gasteiger charge is 2.31. The van der Waals surface area contributed by atoms with E-state index in [4.69, 9.17) is 33.2 Å².